The highest BCUT2D eigenvalue weighted by atomic mass is 19.3. The second kappa shape index (κ2) is 18.9. The zero-order valence-corrected chi connectivity index (χ0v) is 38.4. The smallest absolute Gasteiger partial charge is 0.264 e. The molecule has 16 nitrogen and oxygen atoms in total. The Morgan fingerprint density at radius 3 is 2.36 bits per heavy atom. The van der Waals surface area contributed by atoms with E-state index in [-0.39, 0.29) is 48.1 Å². The number of likely N-dealkylation sites (tertiary alicyclic amines) is 2. The van der Waals surface area contributed by atoms with Gasteiger partial charge >= 0.3 is 0 Å². The molecule has 2 aromatic carbocycles. The molecule has 0 aliphatic carbocycles. The zero-order chi connectivity index (χ0) is 47.1. The number of hydrogen-bond acceptors (Lipinski definition) is 12. The molecular formula is C49H61F2N11O5. The number of piperidine rings is 3. The third-order valence-corrected chi connectivity index (χ3v) is 15.2. The Kier molecular flexibility index (Phi) is 13.0. The first kappa shape index (κ1) is 46.1. The van der Waals surface area contributed by atoms with Gasteiger partial charge in [-0.3, -0.25) is 44.6 Å². The predicted molar refractivity (Wildman–Crippen MR) is 251 cm³/mol. The molecule has 1 spiro atoms. The van der Waals surface area contributed by atoms with E-state index in [1.54, 1.807) is 37.1 Å². The summed E-state index contributed by atoms with van der Waals surface area (Å²) in [6.07, 6.45) is 6.20. The number of imide groups is 2. The summed E-state index contributed by atoms with van der Waals surface area (Å²) in [7, 11) is 1.57. The fourth-order valence-corrected chi connectivity index (χ4v) is 11.3. The Balaban J connectivity index is 0.779. The number of nitrogens with zero attached hydrogens (tertiary/aromatic N) is 7. The number of benzene rings is 2. The van der Waals surface area contributed by atoms with E-state index in [9.17, 15) is 38.2 Å². The van der Waals surface area contributed by atoms with Crippen molar-refractivity contribution in [1.82, 2.24) is 30.2 Å². The van der Waals surface area contributed by atoms with E-state index in [1.165, 1.54) is 18.5 Å². The summed E-state index contributed by atoms with van der Waals surface area (Å²) in [4.78, 5) is 79.9. The van der Waals surface area contributed by atoms with E-state index in [0.717, 1.165) is 112 Å². The van der Waals surface area contributed by atoms with Crippen molar-refractivity contribution in [3.8, 4) is 0 Å². The van der Waals surface area contributed by atoms with E-state index in [2.05, 4.69) is 30.3 Å². The first-order valence-electron chi connectivity index (χ1n) is 23.7. The normalized spacial score (nSPS) is 23.1. The molecule has 0 saturated carbocycles. The molecule has 0 bridgehead atoms. The predicted octanol–water partition coefficient (Wildman–Crippen LogP) is 3.92. The maximum Gasteiger partial charge on any atom is 0.264 e. The topological polar surface area (TPSA) is 191 Å². The van der Waals surface area contributed by atoms with Crippen LogP contribution in [0.2, 0.25) is 0 Å². The Morgan fingerprint density at radius 2 is 1.69 bits per heavy atom. The highest BCUT2D eigenvalue weighted by molar-refractivity contribution is 6.25. The van der Waals surface area contributed by atoms with Crippen LogP contribution in [0.4, 0.5) is 20.2 Å². The molecule has 7 aliphatic heterocycles. The number of alkyl halides is 2. The Morgan fingerprint density at radius 1 is 0.955 bits per heavy atom. The average molecular weight is 922 g/mol. The van der Waals surface area contributed by atoms with Gasteiger partial charge in [-0.25, -0.2) is 8.78 Å². The molecular weight excluding hydrogens is 861 g/mol. The Hall–Kier alpha value is -6.01. The lowest BCUT2D eigenvalue weighted by Crippen LogP contribution is -2.61. The molecule has 7 heterocycles. The maximum atomic E-state index is 14.6. The summed E-state index contributed by atoms with van der Waals surface area (Å²) < 4.78 is 29.2. The van der Waals surface area contributed by atoms with Gasteiger partial charge in [0.25, 0.3) is 18.2 Å². The van der Waals surface area contributed by atoms with Crippen LogP contribution in [0.3, 0.4) is 0 Å². The van der Waals surface area contributed by atoms with Crippen LogP contribution < -0.4 is 26.2 Å². The fraction of sp³-hybridized carbons (Fsp3) is 0.531. The van der Waals surface area contributed by atoms with E-state index in [0.29, 0.717) is 53.9 Å². The third kappa shape index (κ3) is 8.97. The first-order chi connectivity index (χ1) is 32.3. The lowest BCUT2D eigenvalue weighted by Gasteiger charge is -2.55. The number of halogens is 2. The number of nitrogens with one attached hydrogen (secondary N) is 3. The molecule has 0 aromatic heterocycles. The largest absolute Gasteiger partial charge is 0.404 e. The van der Waals surface area contributed by atoms with Gasteiger partial charge in [-0.1, -0.05) is 6.07 Å². The van der Waals surface area contributed by atoms with Gasteiger partial charge in [-0.2, -0.15) is 0 Å². The van der Waals surface area contributed by atoms with Crippen LogP contribution in [0.25, 0.3) is 5.57 Å². The molecule has 18 heteroatoms. The van der Waals surface area contributed by atoms with Gasteiger partial charge in [0.15, 0.2) is 0 Å². The minimum absolute atomic E-state index is 0.0633. The fourth-order valence-electron chi connectivity index (χ4n) is 11.3. The van der Waals surface area contributed by atoms with Gasteiger partial charge in [0.2, 0.25) is 17.7 Å². The Bertz CT molecular complexity index is 2450. The number of anilines is 2. The number of allylic oxidation sites excluding steroid dienone is 1. The van der Waals surface area contributed by atoms with E-state index < -0.39 is 36.1 Å². The molecule has 2 aromatic rings. The number of amides is 5. The van der Waals surface area contributed by atoms with Gasteiger partial charge in [0.05, 0.1) is 23.4 Å². The average Bonchev–Trinajstić information content (AvgIpc) is 3.57. The number of carbonyl (C=O) groups excluding carboxylic acids is 5. The molecule has 4 fully saturated rings. The number of aliphatic imine (C=N–C) groups is 1. The standard InChI is InChI=1S/C49H61F2N11O5/c1-30(63)59-18-12-38(37(27-59)45(53)61-15-4-5-31-23-35(32(25-52)26-54-2)36(44(50)51)24-41(31)61)55-33-10-16-57(17-11-33)21-22-58-19-13-49(14-20-58)28-60(29-49)39-7-3-6-34-43(39)48(67)62(47(34)66)40-8-9-42(64)56-46(40)65/h3,6-7,23-26,33,40,44,53,55H,4-5,8-22,27-29,52H2,1-2H3,(H,56,64,65). The molecule has 1 atom stereocenters. The molecule has 0 radical (unpaired) electrons. The summed E-state index contributed by atoms with van der Waals surface area (Å²) in [5.41, 5.74) is 11.1. The van der Waals surface area contributed by atoms with Gasteiger partial charge < -0.3 is 35.6 Å². The van der Waals surface area contributed by atoms with Crippen LogP contribution >= 0.6 is 0 Å². The quantitative estimate of drug-likeness (QED) is 0.145. The monoisotopic (exact) mass is 921 g/mol. The summed E-state index contributed by atoms with van der Waals surface area (Å²) in [5.74, 6) is -1.80. The van der Waals surface area contributed by atoms with Crippen LogP contribution in [0.15, 0.2) is 52.8 Å². The summed E-state index contributed by atoms with van der Waals surface area (Å²) in [6.45, 7) is 10.3. The van der Waals surface area contributed by atoms with Gasteiger partial charge in [0, 0.05) is 131 Å². The van der Waals surface area contributed by atoms with Crippen LogP contribution in [-0.4, -0.2) is 152 Å². The molecule has 5 N–H and O–H groups in total. The molecule has 1 unspecified atom stereocenters. The number of aryl methyl sites for hydroxylation is 1. The number of hydrogen-bond donors (Lipinski definition) is 4. The van der Waals surface area contributed by atoms with Crippen molar-refractivity contribution in [3.05, 3.63) is 75.6 Å². The van der Waals surface area contributed by atoms with Crippen LogP contribution in [0, 0.1) is 10.8 Å². The number of fused-ring (bicyclic) bond motifs is 2. The number of nitrogens with two attached hydrogens (primary N) is 1. The van der Waals surface area contributed by atoms with Gasteiger partial charge in [0.1, 0.15) is 11.9 Å². The number of rotatable bonds is 11. The molecule has 9 rings (SSSR count). The van der Waals surface area contributed by atoms with Gasteiger partial charge in [-0.15, -0.1) is 0 Å². The van der Waals surface area contributed by atoms with Crippen molar-refractivity contribution in [3.63, 3.8) is 0 Å². The van der Waals surface area contributed by atoms with E-state index in [4.69, 9.17) is 5.73 Å². The Labute approximate surface area is 389 Å². The highest BCUT2D eigenvalue weighted by Crippen LogP contribution is 2.45. The van der Waals surface area contributed by atoms with Crippen molar-refractivity contribution >= 4 is 58.5 Å². The molecule has 5 amide bonds. The van der Waals surface area contributed by atoms with E-state index in [1.807, 2.05) is 11.0 Å². The molecule has 4 saturated heterocycles. The zero-order valence-electron chi connectivity index (χ0n) is 38.4. The second-order valence-corrected chi connectivity index (χ2v) is 19.2. The lowest BCUT2D eigenvalue weighted by atomic mass is 9.71. The van der Waals surface area contributed by atoms with Crippen LogP contribution in [-0.2, 0) is 20.8 Å². The third-order valence-electron chi connectivity index (χ3n) is 15.2. The summed E-state index contributed by atoms with van der Waals surface area (Å²) >= 11 is 0. The highest BCUT2D eigenvalue weighted by Gasteiger charge is 2.50. The van der Waals surface area contributed by atoms with Crippen molar-refractivity contribution in [2.45, 2.75) is 83.2 Å². The van der Waals surface area contributed by atoms with Crippen LogP contribution in [0.5, 0.6) is 0 Å². The van der Waals surface area contributed by atoms with Crippen LogP contribution in [0.1, 0.15) is 102 Å². The molecule has 356 valence electrons. The maximum absolute atomic E-state index is 14.6. The van der Waals surface area contributed by atoms with E-state index >= 15 is 0 Å². The number of carbonyl (C=O) groups is 5. The molecule has 67 heavy (non-hydrogen) atoms. The van der Waals surface area contributed by atoms with Gasteiger partial charge in [-0.05, 0) is 93.4 Å². The summed E-state index contributed by atoms with van der Waals surface area (Å²) in [5, 5.41) is 15.6. The SMILES string of the molecule is CN=CC(=CN)c1cc2c(cc1C(F)F)N(C(=N)C1=C(NC3CCN(CCN4CCC5(CC4)CN(c4cccc6c4C(=O)N(C4CCC(=O)NC4=O)C6=O)C5)CC3)CCN(C(C)=O)C1)CCC2. The summed E-state index contributed by atoms with van der Waals surface area (Å²) in [6, 6.07) is 7.80. The van der Waals surface area contributed by atoms with Crippen molar-refractivity contribution in [1.29, 1.82) is 5.41 Å². The minimum atomic E-state index is -2.76. The van der Waals surface area contributed by atoms with Crippen molar-refractivity contribution < 1.29 is 32.8 Å². The minimum Gasteiger partial charge on any atom is -0.404 e. The van der Waals surface area contributed by atoms with Crippen molar-refractivity contribution in [2.75, 3.05) is 88.8 Å². The number of amidine groups is 1. The first-order valence-corrected chi connectivity index (χ1v) is 23.7. The molecule has 7 aliphatic rings. The second-order valence-electron chi connectivity index (χ2n) is 19.2. The van der Waals surface area contributed by atoms with Crippen molar-refractivity contribution in [2.24, 2.45) is 16.1 Å². The lowest BCUT2D eigenvalue weighted by molar-refractivity contribution is -0.136.